The van der Waals surface area contributed by atoms with E-state index in [0.29, 0.717) is 11.8 Å². The molecular weight excluding hydrogens is 246 g/mol. The Balaban J connectivity index is 4.22. The number of hydrogen-bond acceptors (Lipinski definition) is 3. The number of nitriles is 1. The quantitative estimate of drug-likeness (QED) is 0.628. The summed E-state index contributed by atoms with van der Waals surface area (Å²) in [6, 6.07) is 2.44. The van der Waals surface area contributed by atoms with Gasteiger partial charge >= 0.3 is 0 Å². The van der Waals surface area contributed by atoms with Crippen LogP contribution in [0.25, 0.3) is 0 Å². The lowest BCUT2D eigenvalue weighted by Gasteiger charge is -2.28. The summed E-state index contributed by atoms with van der Waals surface area (Å²) in [6.07, 6.45) is 3.08. The van der Waals surface area contributed by atoms with Crippen LogP contribution in [0.4, 0.5) is 0 Å². The zero-order chi connectivity index (χ0) is 15.6. The van der Waals surface area contributed by atoms with Gasteiger partial charge in [-0.25, -0.2) is 0 Å². The van der Waals surface area contributed by atoms with Crippen LogP contribution in [-0.4, -0.2) is 36.6 Å². The first-order valence-corrected chi connectivity index (χ1v) is 8.21. The van der Waals surface area contributed by atoms with Crippen molar-refractivity contribution in [2.24, 2.45) is 11.8 Å². The van der Waals surface area contributed by atoms with Crippen LogP contribution in [0, 0.1) is 23.2 Å². The maximum absolute atomic E-state index is 9.34. The lowest BCUT2D eigenvalue weighted by atomic mass is 9.97. The van der Waals surface area contributed by atoms with Crippen molar-refractivity contribution >= 4 is 0 Å². The summed E-state index contributed by atoms with van der Waals surface area (Å²) in [4.78, 5) is 2.55. The van der Waals surface area contributed by atoms with Crippen molar-refractivity contribution < 1.29 is 0 Å². The molecule has 1 atom stereocenters. The van der Waals surface area contributed by atoms with Crippen molar-refractivity contribution in [3.8, 4) is 6.07 Å². The van der Waals surface area contributed by atoms with Gasteiger partial charge in [0.1, 0.15) is 5.54 Å². The SMILES string of the molecule is CCCNC(C)(C#N)CCCN(CC(C)C)CC(C)C. The molecule has 0 aliphatic heterocycles. The molecule has 20 heavy (non-hydrogen) atoms. The number of nitrogens with one attached hydrogen (secondary N) is 1. The predicted octanol–water partition coefficient (Wildman–Crippen LogP) is 3.66. The highest BCUT2D eigenvalue weighted by Gasteiger charge is 2.22. The molecule has 0 fully saturated rings. The lowest BCUT2D eigenvalue weighted by molar-refractivity contribution is 0.209. The second-order valence-corrected chi connectivity index (χ2v) is 7.02. The van der Waals surface area contributed by atoms with Gasteiger partial charge in [0.25, 0.3) is 0 Å². The Kier molecular flexibility index (Phi) is 9.88. The number of hydrogen-bond donors (Lipinski definition) is 1. The van der Waals surface area contributed by atoms with Crippen molar-refractivity contribution in [2.75, 3.05) is 26.2 Å². The Hall–Kier alpha value is -0.590. The molecule has 118 valence electrons. The molecule has 0 aromatic carbocycles. The van der Waals surface area contributed by atoms with Crippen molar-refractivity contribution in [3.05, 3.63) is 0 Å². The van der Waals surface area contributed by atoms with Gasteiger partial charge in [-0.3, -0.25) is 5.32 Å². The van der Waals surface area contributed by atoms with Crippen LogP contribution in [0.5, 0.6) is 0 Å². The third-order valence-electron chi connectivity index (χ3n) is 3.41. The van der Waals surface area contributed by atoms with E-state index in [9.17, 15) is 5.26 Å². The third-order valence-corrected chi connectivity index (χ3v) is 3.41. The summed E-state index contributed by atoms with van der Waals surface area (Å²) in [5, 5.41) is 12.7. The van der Waals surface area contributed by atoms with E-state index in [0.717, 1.165) is 45.4 Å². The molecule has 0 aromatic heterocycles. The van der Waals surface area contributed by atoms with Gasteiger partial charge in [-0.05, 0) is 51.1 Å². The molecule has 3 heteroatoms. The van der Waals surface area contributed by atoms with E-state index in [-0.39, 0.29) is 5.54 Å². The van der Waals surface area contributed by atoms with E-state index in [1.807, 2.05) is 6.92 Å². The summed E-state index contributed by atoms with van der Waals surface area (Å²) in [6.45, 7) is 17.6. The molecule has 0 aromatic rings. The van der Waals surface area contributed by atoms with Crippen molar-refractivity contribution in [1.29, 1.82) is 5.26 Å². The molecule has 0 radical (unpaired) electrons. The highest BCUT2D eigenvalue weighted by Crippen LogP contribution is 2.13. The highest BCUT2D eigenvalue weighted by atomic mass is 15.1. The molecule has 0 bridgehead atoms. The van der Waals surface area contributed by atoms with Crippen molar-refractivity contribution in [2.45, 2.75) is 66.3 Å². The minimum Gasteiger partial charge on any atom is -0.303 e. The Labute approximate surface area is 126 Å². The van der Waals surface area contributed by atoms with Gasteiger partial charge < -0.3 is 4.90 Å². The fraction of sp³-hybridized carbons (Fsp3) is 0.941. The standard InChI is InChI=1S/C17H35N3/c1-7-10-19-17(6,14-18)9-8-11-20(12-15(2)3)13-16(4)5/h15-16,19H,7-13H2,1-6H3. The lowest BCUT2D eigenvalue weighted by Crippen LogP contribution is -2.42. The first-order chi connectivity index (χ1) is 9.33. The second-order valence-electron chi connectivity index (χ2n) is 7.02. The van der Waals surface area contributed by atoms with Crippen molar-refractivity contribution in [1.82, 2.24) is 10.2 Å². The monoisotopic (exact) mass is 281 g/mol. The van der Waals surface area contributed by atoms with Crippen LogP contribution in [0.1, 0.15) is 60.8 Å². The minimum atomic E-state index is -0.364. The van der Waals surface area contributed by atoms with E-state index in [1.54, 1.807) is 0 Å². The fourth-order valence-corrected chi connectivity index (χ4v) is 2.53. The molecule has 0 amide bonds. The predicted molar refractivity (Wildman–Crippen MR) is 87.7 cm³/mol. The van der Waals surface area contributed by atoms with Crippen LogP contribution in [-0.2, 0) is 0 Å². The smallest absolute Gasteiger partial charge is 0.103 e. The van der Waals surface area contributed by atoms with Crippen LogP contribution in [0.3, 0.4) is 0 Å². The van der Waals surface area contributed by atoms with Crippen LogP contribution in [0.2, 0.25) is 0 Å². The van der Waals surface area contributed by atoms with E-state index in [4.69, 9.17) is 0 Å². The van der Waals surface area contributed by atoms with Crippen LogP contribution >= 0.6 is 0 Å². The minimum absolute atomic E-state index is 0.364. The third kappa shape index (κ3) is 9.34. The molecule has 1 unspecified atom stereocenters. The summed E-state index contributed by atoms with van der Waals surface area (Å²) >= 11 is 0. The Morgan fingerprint density at radius 3 is 2.10 bits per heavy atom. The molecule has 1 N–H and O–H groups in total. The van der Waals surface area contributed by atoms with Crippen molar-refractivity contribution in [3.63, 3.8) is 0 Å². The second kappa shape index (κ2) is 10.2. The molecule has 0 aliphatic carbocycles. The molecule has 0 spiro atoms. The average Bonchev–Trinajstić information content (AvgIpc) is 2.34. The molecule has 0 aliphatic rings. The van der Waals surface area contributed by atoms with E-state index in [1.165, 1.54) is 0 Å². The van der Waals surface area contributed by atoms with Gasteiger partial charge in [-0.1, -0.05) is 34.6 Å². The first kappa shape index (κ1) is 19.4. The largest absolute Gasteiger partial charge is 0.303 e. The summed E-state index contributed by atoms with van der Waals surface area (Å²) in [5.41, 5.74) is -0.364. The first-order valence-electron chi connectivity index (χ1n) is 8.21. The van der Waals surface area contributed by atoms with E-state index < -0.39 is 0 Å². The molecule has 0 heterocycles. The van der Waals surface area contributed by atoms with E-state index in [2.05, 4.69) is 50.9 Å². The molecule has 0 saturated carbocycles. The summed E-state index contributed by atoms with van der Waals surface area (Å²) in [5.74, 6) is 1.41. The Bertz CT molecular complexity index is 270. The van der Waals surface area contributed by atoms with Gasteiger partial charge in [0.15, 0.2) is 0 Å². The Morgan fingerprint density at radius 2 is 1.70 bits per heavy atom. The highest BCUT2D eigenvalue weighted by molar-refractivity contribution is 5.03. The van der Waals surface area contributed by atoms with E-state index >= 15 is 0 Å². The van der Waals surface area contributed by atoms with Gasteiger partial charge in [-0.15, -0.1) is 0 Å². The topological polar surface area (TPSA) is 39.1 Å². The summed E-state index contributed by atoms with van der Waals surface area (Å²) in [7, 11) is 0. The Morgan fingerprint density at radius 1 is 1.15 bits per heavy atom. The molecule has 0 rings (SSSR count). The molecular formula is C17H35N3. The number of nitrogens with zero attached hydrogens (tertiary/aromatic N) is 2. The zero-order valence-electron chi connectivity index (χ0n) is 14.5. The number of rotatable bonds is 11. The zero-order valence-corrected chi connectivity index (χ0v) is 14.5. The fourth-order valence-electron chi connectivity index (χ4n) is 2.53. The maximum atomic E-state index is 9.34. The normalized spacial score (nSPS) is 14.8. The van der Waals surface area contributed by atoms with Gasteiger partial charge in [-0.2, -0.15) is 5.26 Å². The molecule has 0 saturated heterocycles. The summed E-state index contributed by atoms with van der Waals surface area (Å²) < 4.78 is 0. The maximum Gasteiger partial charge on any atom is 0.103 e. The van der Waals surface area contributed by atoms with Gasteiger partial charge in [0.05, 0.1) is 6.07 Å². The molecule has 3 nitrogen and oxygen atoms in total. The van der Waals surface area contributed by atoms with Gasteiger partial charge in [0.2, 0.25) is 0 Å². The average molecular weight is 281 g/mol. The van der Waals surface area contributed by atoms with Crippen LogP contribution in [0.15, 0.2) is 0 Å². The van der Waals surface area contributed by atoms with Gasteiger partial charge in [0, 0.05) is 13.1 Å². The van der Waals surface area contributed by atoms with Crippen LogP contribution < -0.4 is 5.32 Å².